The highest BCUT2D eigenvalue weighted by molar-refractivity contribution is 6.31. The summed E-state index contributed by atoms with van der Waals surface area (Å²) in [4.78, 5) is 2.37. The summed E-state index contributed by atoms with van der Waals surface area (Å²) in [6.07, 6.45) is 3.65. The van der Waals surface area contributed by atoms with Gasteiger partial charge < -0.3 is 10.6 Å². The zero-order chi connectivity index (χ0) is 13.5. The Morgan fingerprint density at radius 3 is 2.61 bits per heavy atom. The maximum absolute atomic E-state index is 6.26. The van der Waals surface area contributed by atoms with Crippen LogP contribution in [0.4, 0.5) is 0 Å². The number of halogens is 1. The molecule has 0 aliphatic carbocycles. The van der Waals surface area contributed by atoms with E-state index in [4.69, 9.17) is 17.3 Å². The molecule has 0 bridgehead atoms. The van der Waals surface area contributed by atoms with E-state index in [1.165, 1.54) is 0 Å². The van der Waals surface area contributed by atoms with Gasteiger partial charge in [0.05, 0.1) is 16.9 Å². The van der Waals surface area contributed by atoms with Gasteiger partial charge in [0.1, 0.15) is 0 Å². The third-order valence-electron chi connectivity index (χ3n) is 3.27. The minimum atomic E-state index is -0.0350. The van der Waals surface area contributed by atoms with Crippen LogP contribution in [0.3, 0.4) is 0 Å². The number of nitrogens with zero attached hydrogens (tertiary/aromatic N) is 3. The van der Waals surface area contributed by atoms with Crippen molar-refractivity contribution in [2.45, 2.75) is 46.2 Å². The number of rotatable bonds is 8. The Hall–Kier alpha value is -0.580. The van der Waals surface area contributed by atoms with E-state index in [9.17, 15) is 0 Å². The summed E-state index contributed by atoms with van der Waals surface area (Å²) in [6, 6.07) is -0.0350. The lowest BCUT2D eigenvalue weighted by molar-refractivity contribution is 0.288. The van der Waals surface area contributed by atoms with E-state index in [0.29, 0.717) is 5.02 Å². The van der Waals surface area contributed by atoms with Gasteiger partial charge >= 0.3 is 0 Å². The van der Waals surface area contributed by atoms with Gasteiger partial charge in [-0.15, -0.1) is 0 Å². The second-order valence-corrected chi connectivity index (χ2v) is 4.93. The highest BCUT2D eigenvalue weighted by Gasteiger charge is 2.17. The lowest BCUT2D eigenvalue weighted by Gasteiger charge is -2.21. The second-order valence-electron chi connectivity index (χ2n) is 4.52. The van der Waals surface area contributed by atoms with Crippen molar-refractivity contribution >= 4 is 11.6 Å². The standard InChI is InChI=1S/C13H25ClN4/c1-4-8-18-13(11(14)10-16-18)12(15)7-9-17(5-2)6-3/h10,12H,4-9,15H2,1-3H3. The fraction of sp³-hybridized carbons (Fsp3) is 0.769. The van der Waals surface area contributed by atoms with Crippen LogP contribution < -0.4 is 5.73 Å². The third kappa shape index (κ3) is 3.97. The lowest BCUT2D eigenvalue weighted by Crippen LogP contribution is -2.28. The van der Waals surface area contributed by atoms with Crippen molar-refractivity contribution in [3.63, 3.8) is 0 Å². The smallest absolute Gasteiger partial charge is 0.0834 e. The molecule has 0 saturated heterocycles. The maximum atomic E-state index is 6.26. The molecule has 1 aromatic heterocycles. The maximum Gasteiger partial charge on any atom is 0.0834 e. The molecule has 4 nitrogen and oxygen atoms in total. The van der Waals surface area contributed by atoms with Crippen LogP contribution in [0.1, 0.15) is 45.3 Å². The molecule has 0 aliphatic heterocycles. The quantitative estimate of drug-likeness (QED) is 0.791. The minimum Gasteiger partial charge on any atom is -0.323 e. The predicted octanol–water partition coefficient (Wildman–Crippen LogP) is 2.68. The van der Waals surface area contributed by atoms with Crippen LogP contribution in [0, 0.1) is 0 Å². The van der Waals surface area contributed by atoms with Crippen molar-refractivity contribution in [1.82, 2.24) is 14.7 Å². The van der Waals surface area contributed by atoms with Gasteiger partial charge in [-0.1, -0.05) is 32.4 Å². The fourth-order valence-corrected chi connectivity index (χ4v) is 2.41. The van der Waals surface area contributed by atoms with Crippen molar-refractivity contribution in [3.05, 3.63) is 16.9 Å². The molecule has 1 rings (SSSR count). The van der Waals surface area contributed by atoms with Crippen LogP contribution >= 0.6 is 11.6 Å². The van der Waals surface area contributed by atoms with Crippen LogP contribution in [-0.2, 0) is 6.54 Å². The Morgan fingerprint density at radius 2 is 2.06 bits per heavy atom. The number of nitrogens with two attached hydrogens (primary N) is 1. The highest BCUT2D eigenvalue weighted by Crippen LogP contribution is 2.23. The van der Waals surface area contributed by atoms with E-state index in [0.717, 1.165) is 44.7 Å². The summed E-state index contributed by atoms with van der Waals surface area (Å²) in [6.45, 7) is 10.5. The van der Waals surface area contributed by atoms with Gasteiger partial charge in [-0.25, -0.2) is 0 Å². The number of hydrogen-bond donors (Lipinski definition) is 1. The van der Waals surface area contributed by atoms with Crippen LogP contribution in [-0.4, -0.2) is 34.3 Å². The van der Waals surface area contributed by atoms with Crippen molar-refractivity contribution in [2.24, 2.45) is 5.73 Å². The van der Waals surface area contributed by atoms with Crippen molar-refractivity contribution in [2.75, 3.05) is 19.6 Å². The summed E-state index contributed by atoms with van der Waals surface area (Å²) >= 11 is 6.18. The SMILES string of the molecule is CCCn1ncc(Cl)c1C(N)CCN(CC)CC. The van der Waals surface area contributed by atoms with Crippen molar-refractivity contribution in [1.29, 1.82) is 0 Å². The van der Waals surface area contributed by atoms with Crippen LogP contribution in [0.25, 0.3) is 0 Å². The van der Waals surface area contributed by atoms with Gasteiger partial charge in [0, 0.05) is 12.6 Å². The first-order valence-corrected chi connectivity index (χ1v) is 7.20. The molecule has 0 radical (unpaired) electrons. The summed E-state index contributed by atoms with van der Waals surface area (Å²) in [5.74, 6) is 0. The van der Waals surface area contributed by atoms with Crippen LogP contribution in [0.2, 0.25) is 5.02 Å². The first kappa shape index (κ1) is 15.5. The zero-order valence-corrected chi connectivity index (χ0v) is 12.5. The summed E-state index contributed by atoms with van der Waals surface area (Å²) < 4.78 is 1.94. The van der Waals surface area contributed by atoms with E-state index in [1.54, 1.807) is 6.20 Å². The van der Waals surface area contributed by atoms with Crippen LogP contribution in [0.5, 0.6) is 0 Å². The van der Waals surface area contributed by atoms with Gasteiger partial charge in [0.2, 0.25) is 0 Å². The molecule has 0 aromatic carbocycles. The zero-order valence-electron chi connectivity index (χ0n) is 11.7. The monoisotopic (exact) mass is 272 g/mol. The molecule has 1 atom stereocenters. The third-order valence-corrected chi connectivity index (χ3v) is 3.56. The largest absolute Gasteiger partial charge is 0.323 e. The fourth-order valence-electron chi connectivity index (χ4n) is 2.13. The summed E-state index contributed by atoms with van der Waals surface area (Å²) in [5.41, 5.74) is 7.23. The Bertz CT molecular complexity index is 347. The summed E-state index contributed by atoms with van der Waals surface area (Å²) in [7, 11) is 0. The Kier molecular flexibility index (Phi) is 6.68. The average Bonchev–Trinajstić information content (AvgIpc) is 2.72. The van der Waals surface area contributed by atoms with Crippen molar-refractivity contribution < 1.29 is 0 Å². The van der Waals surface area contributed by atoms with E-state index in [-0.39, 0.29) is 6.04 Å². The predicted molar refractivity (Wildman–Crippen MR) is 76.9 cm³/mol. The van der Waals surface area contributed by atoms with Gasteiger partial charge in [-0.2, -0.15) is 5.10 Å². The number of hydrogen-bond acceptors (Lipinski definition) is 3. The van der Waals surface area contributed by atoms with Crippen molar-refractivity contribution in [3.8, 4) is 0 Å². The molecule has 0 aliphatic rings. The molecule has 0 fully saturated rings. The molecule has 1 heterocycles. The number of aryl methyl sites for hydroxylation is 1. The van der Waals surface area contributed by atoms with E-state index in [2.05, 4.69) is 30.8 Å². The minimum absolute atomic E-state index is 0.0350. The number of aromatic nitrogens is 2. The molecular weight excluding hydrogens is 248 g/mol. The van der Waals surface area contributed by atoms with E-state index in [1.807, 2.05) is 4.68 Å². The first-order valence-electron chi connectivity index (χ1n) is 6.83. The molecule has 0 saturated carbocycles. The molecule has 1 aromatic rings. The normalized spacial score (nSPS) is 13.2. The Morgan fingerprint density at radius 1 is 1.39 bits per heavy atom. The Balaban J connectivity index is 2.65. The summed E-state index contributed by atoms with van der Waals surface area (Å²) in [5, 5.41) is 4.98. The molecule has 5 heteroatoms. The molecule has 0 spiro atoms. The van der Waals surface area contributed by atoms with E-state index < -0.39 is 0 Å². The van der Waals surface area contributed by atoms with Gasteiger partial charge in [-0.05, 0) is 32.5 Å². The first-order chi connectivity index (χ1) is 8.63. The molecule has 104 valence electrons. The molecule has 2 N–H and O–H groups in total. The Labute approximate surface area is 115 Å². The lowest BCUT2D eigenvalue weighted by atomic mass is 10.1. The molecular formula is C13H25ClN4. The van der Waals surface area contributed by atoms with Crippen LogP contribution in [0.15, 0.2) is 6.20 Å². The topological polar surface area (TPSA) is 47.1 Å². The second kappa shape index (κ2) is 7.77. The van der Waals surface area contributed by atoms with E-state index >= 15 is 0 Å². The van der Waals surface area contributed by atoms with Gasteiger partial charge in [0.25, 0.3) is 0 Å². The molecule has 1 unspecified atom stereocenters. The average molecular weight is 273 g/mol. The van der Waals surface area contributed by atoms with Gasteiger partial charge in [-0.3, -0.25) is 4.68 Å². The molecule has 0 amide bonds. The van der Waals surface area contributed by atoms with Gasteiger partial charge in [0.15, 0.2) is 0 Å². The molecule has 18 heavy (non-hydrogen) atoms. The highest BCUT2D eigenvalue weighted by atomic mass is 35.5.